The molecule has 0 aromatic heterocycles. The van der Waals surface area contributed by atoms with Crippen molar-refractivity contribution in [3.05, 3.63) is 95.1 Å². The van der Waals surface area contributed by atoms with Gasteiger partial charge in [-0.2, -0.15) is 0 Å². The maximum Gasteiger partial charge on any atom is 0.160 e. The zero-order valence-electron chi connectivity index (χ0n) is 28.0. The number of methoxy groups -OCH3 is 4. The minimum absolute atomic E-state index is 0.0116. The van der Waals surface area contributed by atoms with E-state index < -0.39 is 0 Å². The molecule has 48 heavy (non-hydrogen) atoms. The minimum atomic E-state index is -0.0252. The largest absolute Gasteiger partial charge is 0.508 e. The topological polar surface area (TPSA) is 136 Å². The van der Waals surface area contributed by atoms with Crippen LogP contribution in [0.15, 0.2) is 72.8 Å². The highest BCUT2D eigenvalue weighted by molar-refractivity contribution is 5.44. The van der Waals surface area contributed by atoms with Crippen molar-refractivity contribution in [3.8, 4) is 46.0 Å². The standard InChI is InChI=1S/C38H46O10/c1-43-35-9-7-25(18-37(35)45-3)12-29(6-5-11-47-22-27-14-31(39)20-32(40)15-27)30(13-26-8-10-36(44-2)38(19-26)46-4)24-48-23-28-16-33(41)21-34(42)17-28/h7-10,14-21,29-30,39-42H,5-6,11-13,22-24H2,1-4H3/t29-,30+/m1/s1. The van der Waals surface area contributed by atoms with Gasteiger partial charge in [-0.05, 0) is 108 Å². The summed E-state index contributed by atoms with van der Waals surface area (Å²) in [7, 11) is 6.46. The van der Waals surface area contributed by atoms with Gasteiger partial charge < -0.3 is 48.8 Å². The van der Waals surface area contributed by atoms with Crippen molar-refractivity contribution in [1.82, 2.24) is 0 Å². The summed E-state index contributed by atoms with van der Waals surface area (Å²) in [6.07, 6.45) is 2.99. The molecule has 0 saturated heterocycles. The van der Waals surface area contributed by atoms with E-state index in [0.29, 0.717) is 53.8 Å². The van der Waals surface area contributed by atoms with Gasteiger partial charge in [0.1, 0.15) is 23.0 Å². The Hall–Kier alpha value is -4.80. The highest BCUT2D eigenvalue weighted by atomic mass is 16.5. The smallest absolute Gasteiger partial charge is 0.160 e. The fraction of sp³-hybridized carbons (Fsp3) is 0.368. The molecule has 0 aliphatic heterocycles. The summed E-state index contributed by atoms with van der Waals surface area (Å²) in [5.74, 6) is 2.72. The molecule has 0 amide bonds. The Labute approximate surface area is 282 Å². The van der Waals surface area contributed by atoms with E-state index in [2.05, 4.69) is 0 Å². The van der Waals surface area contributed by atoms with Crippen molar-refractivity contribution in [1.29, 1.82) is 0 Å². The lowest BCUT2D eigenvalue weighted by Crippen LogP contribution is -2.25. The van der Waals surface area contributed by atoms with Crippen LogP contribution in [0.25, 0.3) is 0 Å². The molecule has 4 aromatic rings. The molecule has 10 nitrogen and oxygen atoms in total. The van der Waals surface area contributed by atoms with Crippen LogP contribution in [-0.4, -0.2) is 62.1 Å². The summed E-state index contributed by atoms with van der Waals surface area (Å²) in [5, 5.41) is 39.6. The van der Waals surface area contributed by atoms with Gasteiger partial charge in [-0.1, -0.05) is 12.1 Å². The zero-order chi connectivity index (χ0) is 34.5. The Morgan fingerprint density at radius 2 is 0.917 bits per heavy atom. The van der Waals surface area contributed by atoms with Crippen molar-refractivity contribution in [3.63, 3.8) is 0 Å². The van der Waals surface area contributed by atoms with Crippen LogP contribution >= 0.6 is 0 Å². The van der Waals surface area contributed by atoms with Crippen LogP contribution in [0, 0.1) is 11.8 Å². The number of phenolic OH excluding ortho intramolecular Hbond substituents is 4. The molecule has 4 rings (SSSR count). The summed E-state index contributed by atoms with van der Waals surface area (Å²) in [6.45, 7) is 1.36. The van der Waals surface area contributed by atoms with Crippen LogP contribution in [0.5, 0.6) is 46.0 Å². The van der Waals surface area contributed by atoms with Gasteiger partial charge in [-0.25, -0.2) is 0 Å². The lowest BCUT2D eigenvalue weighted by Gasteiger charge is -2.28. The third-order valence-corrected chi connectivity index (χ3v) is 8.22. The van der Waals surface area contributed by atoms with Crippen molar-refractivity contribution < 1.29 is 48.8 Å². The number of hydrogen-bond donors (Lipinski definition) is 4. The lowest BCUT2D eigenvalue weighted by atomic mass is 9.80. The summed E-state index contributed by atoms with van der Waals surface area (Å²) in [6, 6.07) is 20.7. The Morgan fingerprint density at radius 3 is 1.38 bits per heavy atom. The van der Waals surface area contributed by atoms with E-state index in [0.717, 1.165) is 30.4 Å². The fourth-order valence-electron chi connectivity index (χ4n) is 5.93. The van der Waals surface area contributed by atoms with Gasteiger partial charge in [0.2, 0.25) is 0 Å². The average molecular weight is 663 g/mol. The van der Waals surface area contributed by atoms with E-state index in [4.69, 9.17) is 28.4 Å². The van der Waals surface area contributed by atoms with E-state index in [1.165, 1.54) is 12.1 Å². The maximum atomic E-state index is 9.97. The Morgan fingerprint density at radius 1 is 0.479 bits per heavy atom. The molecule has 0 bridgehead atoms. The van der Waals surface area contributed by atoms with Crippen molar-refractivity contribution in [2.45, 2.75) is 38.9 Å². The predicted octanol–water partition coefficient (Wildman–Crippen LogP) is 6.77. The van der Waals surface area contributed by atoms with Gasteiger partial charge in [0.05, 0.1) is 48.3 Å². The van der Waals surface area contributed by atoms with Crippen molar-refractivity contribution >= 4 is 0 Å². The number of rotatable bonds is 19. The van der Waals surface area contributed by atoms with E-state index in [-0.39, 0.29) is 48.0 Å². The molecule has 0 aliphatic carbocycles. The van der Waals surface area contributed by atoms with E-state index in [1.807, 2.05) is 36.4 Å². The number of hydrogen-bond acceptors (Lipinski definition) is 10. The zero-order valence-corrected chi connectivity index (χ0v) is 28.0. The molecule has 0 aliphatic rings. The highest BCUT2D eigenvalue weighted by Crippen LogP contribution is 2.34. The van der Waals surface area contributed by atoms with Gasteiger partial charge in [0.25, 0.3) is 0 Å². The summed E-state index contributed by atoms with van der Waals surface area (Å²) in [4.78, 5) is 0. The Kier molecular flexibility index (Phi) is 13.5. The third kappa shape index (κ3) is 10.6. The Bertz CT molecular complexity index is 1560. The SMILES string of the molecule is COc1ccc(C[C@@H](CCCOCc2cc(O)cc(O)c2)[C@H](COCc2cc(O)cc(O)c2)Cc2ccc(OC)c(OC)c2)cc1OC. The number of aromatic hydroxyl groups is 4. The molecule has 0 radical (unpaired) electrons. The molecule has 2 atom stereocenters. The summed E-state index contributed by atoms with van der Waals surface area (Å²) < 4.78 is 34.3. The van der Waals surface area contributed by atoms with Crippen LogP contribution in [0.2, 0.25) is 0 Å². The second-order valence-corrected chi connectivity index (χ2v) is 11.7. The molecule has 0 heterocycles. The van der Waals surface area contributed by atoms with Crippen molar-refractivity contribution in [2.24, 2.45) is 11.8 Å². The van der Waals surface area contributed by atoms with Gasteiger partial charge in [0, 0.05) is 18.7 Å². The van der Waals surface area contributed by atoms with E-state index in [9.17, 15) is 20.4 Å². The third-order valence-electron chi connectivity index (χ3n) is 8.22. The minimum Gasteiger partial charge on any atom is -0.508 e. The molecule has 0 spiro atoms. The first-order valence-electron chi connectivity index (χ1n) is 15.8. The summed E-state index contributed by atoms with van der Waals surface area (Å²) >= 11 is 0. The van der Waals surface area contributed by atoms with Crippen LogP contribution in [0.1, 0.15) is 35.1 Å². The molecular weight excluding hydrogens is 616 g/mol. The maximum absolute atomic E-state index is 9.97. The van der Waals surface area contributed by atoms with Crippen LogP contribution in [0.3, 0.4) is 0 Å². The van der Waals surface area contributed by atoms with E-state index >= 15 is 0 Å². The number of phenols is 4. The fourth-order valence-corrected chi connectivity index (χ4v) is 5.93. The van der Waals surface area contributed by atoms with Crippen LogP contribution in [-0.2, 0) is 35.5 Å². The highest BCUT2D eigenvalue weighted by Gasteiger charge is 2.24. The second kappa shape index (κ2) is 17.9. The van der Waals surface area contributed by atoms with Gasteiger partial charge in [0.15, 0.2) is 23.0 Å². The molecule has 4 N–H and O–H groups in total. The molecular formula is C38H46O10. The molecule has 10 heteroatoms. The first kappa shape index (κ1) is 36.0. The van der Waals surface area contributed by atoms with E-state index in [1.54, 1.807) is 52.7 Å². The number of benzene rings is 4. The monoisotopic (exact) mass is 662 g/mol. The normalized spacial score (nSPS) is 12.3. The summed E-state index contributed by atoms with van der Waals surface area (Å²) in [5.41, 5.74) is 3.50. The molecule has 0 saturated carbocycles. The van der Waals surface area contributed by atoms with Crippen LogP contribution in [0.4, 0.5) is 0 Å². The molecule has 0 fully saturated rings. The van der Waals surface area contributed by atoms with Crippen LogP contribution < -0.4 is 18.9 Å². The lowest BCUT2D eigenvalue weighted by molar-refractivity contribution is 0.0578. The first-order chi connectivity index (χ1) is 23.2. The quantitative estimate of drug-likeness (QED) is 0.0796. The van der Waals surface area contributed by atoms with Gasteiger partial charge in [-0.3, -0.25) is 0 Å². The first-order valence-corrected chi connectivity index (χ1v) is 15.8. The van der Waals surface area contributed by atoms with Gasteiger partial charge >= 0.3 is 0 Å². The molecule has 258 valence electrons. The molecule has 4 aromatic carbocycles. The van der Waals surface area contributed by atoms with Gasteiger partial charge in [-0.15, -0.1) is 0 Å². The predicted molar refractivity (Wildman–Crippen MR) is 182 cm³/mol. The second-order valence-electron chi connectivity index (χ2n) is 11.7. The Balaban J connectivity index is 1.57. The molecule has 0 unspecified atom stereocenters. The number of ether oxygens (including phenoxy) is 6. The van der Waals surface area contributed by atoms with Crippen molar-refractivity contribution in [2.75, 3.05) is 41.7 Å². The average Bonchev–Trinajstić information content (AvgIpc) is 3.06.